The van der Waals surface area contributed by atoms with Crippen LogP contribution in [0.2, 0.25) is 0 Å². The lowest BCUT2D eigenvalue weighted by molar-refractivity contribution is -0.141. The van der Waals surface area contributed by atoms with Crippen LogP contribution < -0.4 is 0 Å². The lowest BCUT2D eigenvalue weighted by Gasteiger charge is -2.11. The number of aromatic nitrogens is 2. The van der Waals surface area contributed by atoms with Crippen LogP contribution in [0.5, 0.6) is 0 Å². The third kappa shape index (κ3) is 3.54. The van der Waals surface area contributed by atoms with E-state index in [0.29, 0.717) is 5.70 Å². The first kappa shape index (κ1) is 14.1. The lowest BCUT2D eigenvalue weighted by atomic mass is 10.2. The Labute approximate surface area is 102 Å². The van der Waals surface area contributed by atoms with E-state index in [2.05, 4.69) is 9.97 Å². The zero-order chi connectivity index (χ0) is 13.9. The second-order valence-electron chi connectivity index (χ2n) is 3.81. The molecule has 0 aliphatic carbocycles. The van der Waals surface area contributed by atoms with Crippen molar-refractivity contribution >= 4 is 5.78 Å². The normalized spacial score (nSPS) is 12.4. The molecule has 0 atom stereocenters. The molecule has 0 radical (unpaired) electrons. The van der Waals surface area contributed by atoms with Gasteiger partial charge in [0.05, 0.1) is 0 Å². The molecule has 7 heteroatoms. The number of ketones is 1. The van der Waals surface area contributed by atoms with Gasteiger partial charge in [-0.3, -0.25) is 4.79 Å². The fourth-order valence-electron chi connectivity index (χ4n) is 1.02. The number of carbonyl (C=O) groups is 1. The van der Waals surface area contributed by atoms with Crippen LogP contribution in [-0.4, -0.2) is 34.7 Å². The Bertz CT molecular complexity index is 481. The minimum Gasteiger partial charge on any atom is -0.381 e. The van der Waals surface area contributed by atoms with Gasteiger partial charge in [0.15, 0.2) is 0 Å². The second kappa shape index (κ2) is 5.16. The number of nitrogens with zero attached hydrogens (tertiary/aromatic N) is 3. The minimum absolute atomic E-state index is 0.467. The summed E-state index contributed by atoms with van der Waals surface area (Å²) in [7, 11) is 3.43. The molecular formula is C11H12F3N3O. The number of carbonyl (C=O) groups excluding carboxylic acids is 1. The van der Waals surface area contributed by atoms with Crippen molar-refractivity contribution < 1.29 is 18.0 Å². The van der Waals surface area contributed by atoms with Crippen LogP contribution in [-0.2, 0) is 6.18 Å². The molecule has 0 aliphatic rings. The molecule has 0 saturated carbocycles. The van der Waals surface area contributed by atoms with E-state index in [1.807, 2.05) is 0 Å². The Morgan fingerprint density at radius 1 is 1.39 bits per heavy atom. The van der Waals surface area contributed by atoms with Gasteiger partial charge in [-0.2, -0.15) is 13.2 Å². The van der Waals surface area contributed by atoms with Crippen molar-refractivity contribution in [3.63, 3.8) is 0 Å². The maximum Gasteiger partial charge on any atom is 0.433 e. The molecular weight excluding hydrogens is 247 g/mol. The van der Waals surface area contributed by atoms with Gasteiger partial charge in [0, 0.05) is 32.1 Å². The van der Waals surface area contributed by atoms with Crippen LogP contribution in [0.4, 0.5) is 13.2 Å². The van der Waals surface area contributed by atoms with E-state index >= 15 is 0 Å². The van der Waals surface area contributed by atoms with Crippen LogP contribution in [0.15, 0.2) is 24.0 Å². The Hall–Kier alpha value is -1.92. The summed E-state index contributed by atoms with van der Waals surface area (Å²) in [6, 6.07) is 0.722. The van der Waals surface area contributed by atoms with E-state index in [4.69, 9.17) is 0 Å². The van der Waals surface area contributed by atoms with Crippen LogP contribution in [0.1, 0.15) is 23.2 Å². The van der Waals surface area contributed by atoms with Crippen molar-refractivity contribution in [1.82, 2.24) is 14.9 Å². The highest BCUT2D eigenvalue weighted by Gasteiger charge is 2.33. The fourth-order valence-corrected chi connectivity index (χ4v) is 1.02. The van der Waals surface area contributed by atoms with Crippen molar-refractivity contribution in [1.29, 1.82) is 0 Å². The number of halogens is 3. The van der Waals surface area contributed by atoms with E-state index in [1.165, 1.54) is 6.08 Å². The smallest absolute Gasteiger partial charge is 0.381 e. The quantitative estimate of drug-likeness (QED) is 0.616. The Kier molecular flexibility index (Phi) is 4.05. The van der Waals surface area contributed by atoms with Crippen molar-refractivity contribution in [2.24, 2.45) is 0 Å². The van der Waals surface area contributed by atoms with Crippen LogP contribution in [0.3, 0.4) is 0 Å². The van der Waals surface area contributed by atoms with Crippen LogP contribution >= 0.6 is 0 Å². The molecule has 0 aliphatic heterocycles. The molecule has 0 fully saturated rings. The summed E-state index contributed by atoms with van der Waals surface area (Å²) in [6.07, 6.45) is -2.48. The van der Waals surface area contributed by atoms with Gasteiger partial charge in [0.1, 0.15) is 5.69 Å². The first-order valence-corrected chi connectivity index (χ1v) is 5.02. The molecule has 98 valence electrons. The van der Waals surface area contributed by atoms with E-state index in [9.17, 15) is 18.0 Å². The van der Waals surface area contributed by atoms with Gasteiger partial charge in [-0.05, 0) is 13.0 Å². The fraction of sp³-hybridized carbons (Fsp3) is 0.364. The predicted molar refractivity (Wildman–Crippen MR) is 58.8 cm³/mol. The molecule has 0 unspecified atom stereocenters. The van der Waals surface area contributed by atoms with Crippen molar-refractivity contribution in [2.75, 3.05) is 14.1 Å². The highest BCUT2D eigenvalue weighted by molar-refractivity contribution is 6.01. The summed E-state index contributed by atoms with van der Waals surface area (Å²) in [5.41, 5.74) is -0.530. The Balaban J connectivity index is 3.05. The maximum absolute atomic E-state index is 12.4. The molecule has 1 aromatic heterocycles. The highest BCUT2D eigenvalue weighted by atomic mass is 19.4. The standard InChI is InChI=1S/C11H12F3N3O/c1-7(17(2)3)6-8(18)10-15-5-4-9(16-10)11(12,13)14/h4-6H,1-3H3/b7-6+. The van der Waals surface area contributed by atoms with E-state index in [1.54, 1.807) is 25.9 Å². The zero-order valence-electron chi connectivity index (χ0n) is 10.1. The molecule has 18 heavy (non-hydrogen) atoms. The minimum atomic E-state index is -4.59. The summed E-state index contributed by atoms with van der Waals surface area (Å²) in [6.45, 7) is 1.66. The first-order valence-electron chi connectivity index (χ1n) is 5.02. The van der Waals surface area contributed by atoms with Gasteiger partial charge >= 0.3 is 6.18 Å². The number of allylic oxidation sites excluding steroid dienone is 2. The van der Waals surface area contributed by atoms with Gasteiger partial charge in [-0.15, -0.1) is 0 Å². The number of hydrogen-bond acceptors (Lipinski definition) is 4. The molecule has 0 spiro atoms. The third-order valence-corrected chi connectivity index (χ3v) is 2.21. The summed E-state index contributed by atoms with van der Waals surface area (Å²) >= 11 is 0. The topological polar surface area (TPSA) is 46.1 Å². The number of alkyl halides is 3. The Morgan fingerprint density at radius 3 is 2.50 bits per heavy atom. The van der Waals surface area contributed by atoms with E-state index < -0.39 is 23.5 Å². The molecule has 0 N–H and O–H groups in total. The SMILES string of the molecule is C/C(=C\C(=O)c1nccc(C(F)(F)F)n1)N(C)C. The summed E-state index contributed by atoms with van der Waals surface area (Å²) < 4.78 is 37.2. The number of hydrogen-bond donors (Lipinski definition) is 0. The lowest BCUT2D eigenvalue weighted by Crippen LogP contribution is -2.14. The van der Waals surface area contributed by atoms with Gasteiger partial charge < -0.3 is 4.90 Å². The molecule has 0 bridgehead atoms. The van der Waals surface area contributed by atoms with Gasteiger partial charge in [-0.1, -0.05) is 0 Å². The van der Waals surface area contributed by atoms with Crippen molar-refractivity contribution in [3.8, 4) is 0 Å². The first-order chi connectivity index (χ1) is 8.21. The average molecular weight is 259 g/mol. The van der Waals surface area contributed by atoms with Gasteiger partial charge in [0.2, 0.25) is 11.6 Å². The molecule has 0 aromatic carbocycles. The maximum atomic E-state index is 12.4. The Morgan fingerprint density at radius 2 is 2.00 bits per heavy atom. The van der Waals surface area contributed by atoms with Gasteiger partial charge in [0.25, 0.3) is 0 Å². The summed E-state index contributed by atoms with van der Waals surface area (Å²) in [5.74, 6) is -1.13. The molecule has 4 nitrogen and oxygen atoms in total. The van der Waals surface area contributed by atoms with Crippen LogP contribution in [0.25, 0.3) is 0 Å². The molecule has 0 amide bonds. The van der Waals surface area contributed by atoms with Crippen LogP contribution in [0, 0.1) is 0 Å². The summed E-state index contributed by atoms with van der Waals surface area (Å²) in [5, 5.41) is 0. The molecule has 1 aromatic rings. The van der Waals surface area contributed by atoms with Crippen molar-refractivity contribution in [3.05, 3.63) is 35.6 Å². The molecule has 1 heterocycles. The second-order valence-corrected chi connectivity index (χ2v) is 3.81. The van der Waals surface area contributed by atoms with Crippen molar-refractivity contribution in [2.45, 2.75) is 13.1 Å². The number of rotatable bonds is 3. The molecule has 0 saturated heterocycles. The van der Waals surface area contributed by atoms with Gasteiger partial charge in [-0.25, -0.2) is 9.97 Å². The zero-order valence-corrected chi connectivity index (χ0v) is 10.1. The summed E-state index contributed by atoms with van der Waals surface area (Å²) in [4.78, 5) is 20.1. The highest BCUT2D eigenvalue weighted by Crippen LogP contribution is 2.26. The van der Waals surface area contributed by atoms with E-state index in [-0.39, 0.29) is 0 Å². The molecule has 1 rings (SSSR count). The monoisotopic (exact) mass is 259 g/mol. The van der Waals surface area contributed by atoms with E-state index in [0.717, 1.165) is 12.3 Å². The largest absolute Gasteiger partial charge is 0.433 e. The average Bonchev–Trinajstić information content (AvgIpc) is 2.27. The predicted octanol–water partition coefficient (Wildman–Crippen LogP) is 2.14. The third-order valence-electron chi connectivity index (χ3n) is 2.21.